The number of methoxy groups -OCH3 is 1. The number of fused-ring (bicyclic) bond motifs is 1. The first-order valence-corrected chi connectivity index (χ1v) is 10.7. The van der Waals surface area contributed by atoms with Crippen LogP contribution in [-0.2, 0) is 14.2 Å². The van der Waals surface area contributed by atoms with E-state index in [0.717, 1.165) is 11.1 Å². The first-order chi connectivity index (χ1) is 15.1. The van der Waals surface area contributed by atoms with Crippen molar-refractivity contribution in [3.8, 4) is 5.75 Å². The Morgan fingerprint density at radius 2 is 2.06 bits per heavy atom. The Balaban J connectivity index is 1.39. The largest absolute Gasteiger partial charge is 0.497 e. The Kier molecular flexibility index (Phi) is 8.90. The maximum absolute atomic E-state index is 11.6. The Bertz CT molecular complexity index is 838. The van der Waals surface area contributed by atoms with Crippen molar-refractivity contribution in [3.05, 3.63) is 42.0 Å². The summed E-state index contributed by atoms with van der Waals surface area (Å²) in [4.78, 5) is 11.6. The van der Waals surface area contributed by atoms with Gasteiger partial charge in [-0.25, -0.2) is 4.79 Å². The molecule has 0 saturated carbocycles. The highest BCUT2D eigenvalue weighted by molar-refractivity contribution is 5.87. The van der Waals surface area contributed by atoms with Gasteiger partial charge in [-0.1, -0.05) is 31.2 Å². The second-order valence-corrected chi connectivity index (χ2v) is 7.47. The molecule has 0 radical (unpaired) electrons. The number of carbonyl (C=O) groups excluding carboxylic acids is 1. The second kappa shape index (κ2) is 11.9. The topological polar surface area (TPSA) is 98.3 Å². The van der Waals surface area contributed by atoms with Gasteiger partial charge >= 0.3 is 6.09 Å². The monoisotopic (exact) mass is 432 g/mol. The van der Waals surface area contributed by atoms with Crippen molar-refractivity contribution >= 4 is 16.9 Å². The molecule has 3 N–H and O–H groups in total. The number of ether oxygens (including phenoxy) is 4. The van der Waals surface area contributed by atoms with Gasteiger partial charge in [0, 0.05) is 18.9 Å². The van der Waals surface area contributed by atoms with Gasteiger partial charge in [-0.15, -0.1) is 0 Å². The molecule has 1 heterocycles. The predicted molar refractivity (Wildman–Crippen MR) is 117 cm³/mol. The van der Waals surface area contributed by atoms with E-state index in [1.165, 1.54) is 10.9 Å². The van der Waals surface area contributed by atoms with Crippen LogP contribution in [0.1, 0.15) is 31.2 Å². The molecule has 1 fully saturated rings. The molecule has 1 atom stereocenters. The number of aliphatic hydroxyl groups excluding tert-OH is 1. The maximum atomic E-state index is 11.6. The SMILES string of the molecule is CCNC(O)COC(=O)NCCCC1OCC(c2cccc3cc(OC)ccc23)CO1. The summed E-state index contributed by atoms with van der Waals surface area (Å²) < 4.78 is 22.1. The first kappa shape index (κ1) is 23.3. The van der Waals surface area contributed by atoms with E-state index in [-0.39, 0.29) is 18.8 Å². The van der Waals surface area contributed by atoms with Gasteiger partial charge in [0.15, 0.2) is 6.29 Å². The zero-order valence-corrected chi connectivity index (χ0v) is 18.1. The first-order valence-electron chi connectivity index (χ1n) is 10.7. The van der Waals surface area contributed by atoms with E-state index < -0.39 is 12.3 Å². The maximum Gasteiger partial charge on any atom is 0.407 e. The van der Waals surface area contributed by atoms with E-state index in [2.05, 4.69) is 28.8 Å². The molecule has 0 aliphatic carbocycles. The fourth-order valence-corrected chi connectivity index (χ4v) is 3.62. The number of amides is 1. The molecule has 0 aromatic heterocycles. The minimum atomic E-state index is -0.850. The van der Waals surface area contributed by atoms with Crippen LogP contribution in [0.5, 0.6) is 5.75 Å². The summed E-state index contributed by atoms with van der Waals surface area (Å²) in [6.07, 6.45) is -0.292. The second-order valence-electron chi connectivity index (χ2n) is 7.47. The average Bonchev–Trinajstić information content (AvgIpc) is 2.80. The van der Waals surface area contributed by atoms with Gasteiger partial charge in [-0.2, -0.15) is 0 Å². The molecule has 2 aromatic rings. The number of carbonyl (C=O) groups is 1. The molecule has 1 aliphatic heterocycles. The van der Waals surface area contributed by atoms with Crippen molar-refractivity contribution in [1.82, 2.24) is 10.6 Å². The molecular formula is C23H32N2O6. The average molecular weight is 433 g/mol. The van der Waals surface area contributed by atoms with E-state index in [1.54, 1.807) is 7.11 Å². The van der Waals surface area contributed by atoms with Gasteiger partial charge in [0.1, 0.15) is 18.6 Å². The molecule has 31 heavy (non-hydrogen) atoms. The molecule has 0 spiro atoms. The Labute approximate surface area is 182 Å². The number of hydrogen-bond acceptors (Lipinski definition) is 7. The summed E-state index contributed by atoms with van der Waals surface area (Å²) in [5.74, 6) is 1.01. The molecule has 1 saturated heterocycles. The van der Waals surface area contributed by atoms with Gasteiger partial charge in [0.25, 0.3) is 0 Å². The third kappa shape index (κ3) is 6.80. The third-order valence-corrected chi connectivity index (χ3v) is 5.23. The molecule has 8 nitrogen and oxygen atoms in total. The van der Waals surface area contributed by atoms with Crippen LogP contribution < -0.4 is 15.4 Å². The van der Waals surface area contributed by atoms with Crippen LogP contribution in [0, 0.1) is 0 Å². The fraction of sp³-hybridized carbons (Fsp3) is 0.522. The normalized spacial score (nSPS) is 19.7. The van der Waals surface area contributed by atoms with Crippen molar-refractivity contribution < 1.29 is 28.8 Å². The van der Waals surface area contributed by atoms with Gasteiger partial charge < -0.3 is 29.4 Å². The summed E-state index contributed by atoms with van der Waals surface area (Å²) in [7, 11) is 1.67. The van der Waals surface area contributed by atoms with Crippen LogP contribution >= 0.6 is 0 Å². The lowest BCUT2D eigenvalue weighted by atomic mass is 9.94. The van der Waals surface area contributed by atoms with Crippen molar-refractivity contribution in [2.75, 3.05) is 40.0 Å². The number of hydrogen-bond donors (Lipinski definition) is 3. The van der Waals surface area contributed by atoms with Crippen LogP contribution in [0.15, 0.2) is 36.4 Å². The van der Waals surface area contributed by atoms with E-state index >= 15 is 0 Å². The minimum absolute atomic E-state index is 0.0864. The molecule has 3 rings (SSSR count). The van der Waals surface area contributed by atoms with Crippen molar-refractivity contribution in [2.45, 2.75) is 38.2 Å². The Hall–Kier alpha value is -2.39. The fourth-order valence-electron chi connectivity index (χ4n) is 3.62. The number of rotatable bonds is 10. The summed E-state index contributed by atoms with van der Waals surface area (Å²) in [6, 6.07) is 12.3. The predicted octanol–water partition coefficient (Wildman–Crippen LogP) is 2.74. The quantitative estimate of drug-likeness (QED) is 0.392. The highest BCUT2D eigenvalue weighted by atomic mass is 16.7. The smallest absolute Gasteiger partial charge is 0.407 e. The summed E-state index contributed by atoms with van der Waals surface area (Å²) in [6.45, 7) is 4.01. The molecule has 1 aliphatic rings. The van der Waals surface area contributed by atoms with Crippen LogP contribution in [0.4, 0.5) is 4.79 Å². The van der Waals surface area contributed by atoms with Crippen molar-refractivity contribution in [2.24, 2.45) is 0 Å². The van der Waals surface area contributed by atoms with Gasteiger partial charge in [0.2, 0.25) is 0 Å². The number of aliphatic hydroxyl groups is 1. The van der Waals surface area contributed by atoms with E-state index in [9.17, 15) is 9.90 Å². The third-order valence-electron chi connectivity index (χ3n) is 5.23. The number of alkyl carbamates (subject to hydrolysis) is 1. The molecule has 1 unspecified atom stereocenters. The van der Waals surface area contributed by atoms with Gasteiger partial charge in [-0.05, 0) is 41.4 Å². The zero-order valence-electron chi connectivity index (χ0n) is 18.1. The number of nitrogens with one attached hydrogen (secondary N) is 2. The van der Waals surface area contributed by atoms with Crippen molar-refractivity contribution in [1.29, 1.82) is 0 Å². The lowest BCUT2D eigenvalue weighted by molar-refractivity contribution is -0.189. The molecule has 1 amide bonds. The lowest BCUT2D eigenvalue weighted by Gasteiger charge is -2.30. The minimum Gasteiger partial charge on any atom is -0.497 e. The van der Waals surface area contributed by atoms with Crippen molar-refractivity contribution in [3.63, 3.8) is 0 Å². The van der Waals surface area contributed by atoms with Crippen LogP contribution in [0.2, 0.25) is 0 Å². The number of benzene rings is 2. The molecule has 8 heteroatoms. The highest BCUT2D eigenvalue weighted by Gasteiger charge is 2.24. The summed E-state index contributed by atoms with van der Waals surface area (Å²) >= 11 is 0. The van der Waals surface area contributed by atoms with Crippen LogP contribution in [-0.4, -0.2) is 63.7 Å². The van der Waals surface area contributed by atoms with Gasteiger partial charge in [-0.3, -0.25) is 5.32 Å². The van der Waals surface area contributed by atoms with E-state index in [1.807, 2.05) is 25.1 Å². The van der Waals surface area contributed by atoms with E-state index in [0.29, 0.717) is 39.1 Å². The van der Waals surface area contributed by atoms with Crippen LogP contribution in [0.25, 0.3) is 10.8 Å². The summed E-state index contributed by atoms with van der Waals surface area (Å²) in [5.41, 5.74) is 1.21. The molecule has 0 bridgehead atoms. The molecule has 170 valence electrons. The van der Waals surface area contributed by atoms with E-state index in [4.69, 9.17) is 18.9 Å². The highest BCUT2D eigenvalue weighted by Crippen LogP contribution is 2.31. The number of likely N-dealkylation sites (N-methyl/N-ethyl adjacent to an activating group) is 1. The van der Waals surface area contributed by atoms with Crippen LogP contribution in [0.3, 0.4) is 0 Å². The lowest BCUT2D eigenvalue weighted by Crippen LogP contribution is -2.36. The standard InChI is InChI=1S/C23H32N2O6/c1-3-24-21(26)15-31-23(27)25-11-5-8-22-29-13-17(14-30-22)19-7-4-6-16-12-18(28-2)9-10-20(16)19/h4,6-7,9-10,12,17,21-22,24,26H,3,5,8,11,13-15H2,1-2H3,(H,25,27). The molecule has 2 aromatic carbocycles. The zero-order chi connectivity index (χ0) is 22.1. The van der Waals surface area contributed by atoms with Gasteiger partial charge in [0.05, 0.1) is 20.3 Å². The summed E-state index contributed by atoms with van der Waals surface area (Å²) in [5, 5.41) is 17.2. The molecular weight excluding hydrogens is 400 g/mol. The Morgan fingerprint density at radius 1 is 1.26 bits per heavy atom. The Morgan fingerprint density at radius 3 is 2.81 bits per heavy atom.